The second-order valence-electron chi connectivity index (χ2n) is 2.60. The van der Waals surface area contributed by atoms with Crippen molar-refractivity contribution in [2.24, 2.45) is 0 Å². The van der Waals surface area contributed by atoms with Gasteiger partial charge in [-0.1, -0.05) is 11.8 Å². The number of hydrogen-bond donors (Lipinski definition) is 2. The fraction of sp³-hybridized carbons (Fsp3) is 0.600. The summed E-state index contributed by atoms with van der Waals surface area (Å²) in [4.78, 5) is 21.7. The Morgan fingerprint density at radius 2 is 1.25 bits per heavy atom. The van der Waals surface area contributed by atoms with Crippen LogP contribution in [0.4, 0.5) is 0 Å². The Morgan fingerprint density at radius 1 is 0.875 bits per heavy atom. The number of rotatable bonds is 6. The zero-order valence-corrected chi connectivity index (χ0v) is 8.77. The van der Waals surface area contributed by atoms with E-state index in [0.717, 1.165) is 0 Å². The van der Waals surface area contributed by atoms with E-state index in [2.05, 4.69) is 21.3 Å². The molecule has 0 unspecified atom stereocenters. The third-order valence-corrected chi connectivity index (χ3v) is 1.30. The smallest absolute Gasteiger partial charge is 0.318 e. The summed E-state index contributed by atoms with van der Waals surface area (Å²) >= 11 is 0. The molecular weight excluding hydrogens is 216 g/mol. The fourth-order valence-corrected chi connectivity index (χ4v) is 0.690. The van der Waals surface area contributed by atoms with Crippen LogP contribution >= 0.6 is 0 Å². The number of esters is 2. The summed E-state index contributed by atoms with van der Waals surface area (Å²) in [5, 5.41) is 16.7. The molecule has 2 N–H and O–H groups in total. The molecule has 0 aromatic rings. The summed E-state index contributed by atoms with van der Waals surface area (Å²) in [6.07, 6.45) is -0.263. The largest absolute Gasteiger partial charge is 0.463 e. The molecule has 16 heavy (non-hydrogen) atoms. The predicted octanol–water partition coefficient (Wildman–Crippen LogP) is -1.16. The minimum atomic E-state index is -0.551. The molecule has 0 fully saturated rings. The Bertz CT molecular complexity index is 249. The fourth-order valence-electron chi connectivity index (χ4n) is 0.690. The van der Waals surface area contributed by atoms with Crippen LogP contribution in [0.25, 0.3) is 0 Å². The Labute approximate surface area is 93.2 Å². The summed E-state index contributed by atoms with van der Waals surface area (Å²) in [6.45, 7) is -0.572. The summed E-state index contributed by atoms with van der Waals surface area (Å²) in [6, 6.07) is 0. The van der Waals surface area contributed by atoms with Crippen LogP contribution in [0, 0.1) is 11.8 Å². The van der Waals surface area contributed by atoms with Gasteiger partial charge >= 0.3 is 11.9 Å². The van der Waals surface area contributed by atoms with Gasteiger partial charge in [-0.3, -0.25) is 9.59 Å². The van der Waals surface area contributed by atoms with Crippen molar-refractivity contribution in [2.45, 2.75) is 12.8 Å². The van der Waals surface area contributed by atoms with Gasteiger partial charge in [-0.15, -0.1) is 0 Å². The van der Waals surface area contributed by atoms with Crippen LogP contribution < -0.4 is 0 Å². The monoisotopic (exact) mass is 230 g/mol. The molecule has 6 heteroatoms. The third kappa shape index (κ3) is 8.99. The van der Waals surface area contributed by atoms with E-state index in [-0.39, 0.29) is 39.3 Å². The Morgan fingerprint density at radius 3 is 1.56 bits per heavy atom. The van der Waals surface area contributed by atoms with E-state index >= 15 is 0 Å². The number of ether oxygens (including phenoxy) is 2. The zero-order valence-electron chi connectivity index (χ0n) is 8.77. The molecular formula is C10H14O6. The number of carbonyl (C=O) groups is 2. The van der Waals surface area contributed by atoms with E-state index in [1.54, 1.807) is 0 Å². The van der Waals surface area contributed by atoms with Gasteiger partial charge in [-0.05, 0) is 0 Å². The summed E-state index contributed by atoms with van der Waals surface area (Å²) in [5.74, 6) is 3.76. The molecule has 0 aliphatic carbocycles. The Kier molecular flexibility index (Phi) is 8.97. The average molecular weight is 230 g/mol. The molecule has 0 bridgehead atoms. The highest BCUT2D eigenvalue weighted by Crippen LogP contribution is 1.87. The zero-order chi connectivity index (χ0) is 12.2. The predicted molar refractivity (Wildman–Crippen MR) is 53.1 cm³/mol. The minimum absolute atomic E-state index is 0.0565. The first kappa shape index (κ1) is 14.4. The molecule has 0 heterocycles. The van der Waals surface area contributed by atoms with Crippen LogP contribution in [-0.4, -0.2) is 48.6 Å². The normalized spacial score (nSPS) is 8.88. The standard InChI is InChI=1S/C10H14O6/c11-5-7-15-9(13)3-1-2-4-10(14)16-8-6-12/h11-12H,3-8H2. The van der Waals surface area contributed by atoms with E-state index in [1.807, 2.05) is 0 Å². The maximum Gasteiger partial charge on any atom is 0.318 e. The molecule has 0 aromatic heterocycles. The molecule has 0 saturated carbocycles. The van der Waals surface area contributed by atoms with E-state index in [1.165, 1.54) is 0 Å². The summed E-state index contributed by atoms with van der Waals surface area (Å²) < 4.78 is 9.04. The van der Waals surface area contributed by atoms with Gasteiger partial charge in [0.15, 0.2) is 0 Å². The topological polar surface area (TPSA) is 93.1 Å². The minimum Gasteiger partial charge on any atom is -0.463 e. The van der Waals surface area contributed by atoms with Gasteiger partial charge in [-0.2, -0.15) is 0 Å². The van der Waals surface area contributed by atoms with Crippen molar-refractivity contribution in [1.29, 1.82) is 0 Å². The highest BCUT2D eigenvalue weighted by atomic mass is 16.5. The molecule has 0 saturated heterocycles. The lowest BCUT2D eigenvalue weighted by atomic mass is 10.4. The first-order valence-electron chi connectivity index (χ1n) is 4.69. The molecule has 90 valence electrons. The third-order valence-electron chi connectivity index (χ3n) is 1.30. The molecule has 0 rings (SSSR count). The summed E-state index contributed by atoms with van der Waals surface area (Å²) in [7, 11) is 0. The van der Waals surface area contributed by atoms with Gasteiger partial charge in [0, 0.05) is 0 Å². The summed E-state index contributed by atoms with van der Waals surface area (Å²) in [5.41, 5.74) is 0. The lowest BCUT2D eigenvalue weighted by molar-refractivity contribution is -0.144. The van der Waals surface area contributed by atoms with Crippen molar-refractivity contribution < 1.29 is 29.3 Å². The highest BCUT2D eigenvalue weighted by Gasteiger charge is 2.00. The Balaban J connectivity index is 3.61. The van der Waals surface area contributed by atoms with Crippen molar-refractivity contribution in [3.63, 3.8) is 0 Å². The van der Waals surface area contributed by atoms with Gasteiger partial charge < -0.3 is 19.7 Å². The maximum absolute atomic E-state index is 10.8. The van der Waals surface area contributed by atoms with Gasteiger partial charge in [0.05, 0.1) is 13.2 Å². The van der Waals surface area contributed by atoms with Crippen molar-refractivity contribution in [3.05, 3.63) is 0 Å². The molecule has 6 nitrogen and oxygen atoms in total. The van der Waals surface area contributed by atoms with Crippen LogP contribution in [-0.2, 0) is 19.1 Å². The van der Waals surface area contributed by atoms with Gasteiger partial charge in [0.2, 0.25) is 0 Å². The molecule has 0 spiro atoms. The van der Waals surface area contributed by atoms with Crippen molar-refractivity contribution >= 4 is 11.9 Å². The van der Waals surface area contributed by atoms with Crippen LogP contribution in [0.15, 0.2) is 0 Å². The second-order valence-corrected chi connectivity index (χ2v) is 2.60. The molecule has 0 aliphatic heterocycles. The van der Waals surface area contributed by atoms with Gasteiger partial charge in [-0.25, -0.2) is 0 Å². The quantitative estimate of drug-likeness (QED) is 0.441. The van der Waals surface area contributed by atoms with E-state index in [0.29, 0.717) is 0 Å². The van der Waals surface area contributed by atoms with Crippen LogP contribution in [0.1, 0.15) is 12.8 Å². The molecule has 0 amide bonds. The molecule has 0 radical (unpaired) electrons. The number of aliphatic hydroxyl groups excluding tert-OH is 2. The lowest BCUT2D eigenvalue weighted by Crippen LogP contribution is -2.08. The molecule has 0 aromatic carbocycles. The molecule has 0 aliphatic rings. The SMILES string of the molecule is O=C(CC#CCC(=O)OCCO)OCCO. The lowest BCUT2D eigenvalue weighted by Gasteiger charge is -1.98. The number of hydrogen-bond acceptors (Lipinski definition) is 6. The highest BCUT2D eigenvalue weighted by molar-refractivity contribution is 5.74. The average Bonchev–Trinajstić information content (AvgIpc) is 2.29. The first-order chi connectivity index (χ1) is 7.70. The van der Waals surface area contributed by atoms with Crippen LogP contribution in [0.5, 0.6) is 0 Å². The molecule has 0 atom stereocenters. The number of aliphatic hydroxyl groups is 2. The van der Waals surface area contributed by atoms with Crippen molar-refractivity contribution in [1.82, 2.24) is 0 Å². The maximum atomic E-state index is 10.8. The number of carbonyl (C=O) groups excluding carboxylic acids is 2. The van der Waals surface area contributed by atoms with Gasteiger partial charge in [0.25, 0.3) is 0 Å². The van der Waals surface area contributed by atoms with Crippen LogP contribution in [0.3, 0.4) is 0 Å². The van der Waals surface area contributed by atoms with E-state index in [9.17, 15) is 9.59 Å². The van der Waals surface area contributed by atoms with E-state index < -0.39 is 11.9 Å². The Hall–Kier alpha value is -1.58. The van der Waals surface area contributed by atoms with Crippen molar-refractivity contribution in [2.75, 3.05) is 26.4 Å². The van der Waals surface area contributed by atoms with Crippen LogP contribution in [0.2, 0.25) is 0 Å². The first-order valence-corrected chi connectivity index (χ1v) is 4.69. The second kappa shape index (κ2) is 9.96. The van der Waals surface area contributed by atoms with Crippen molar-refractivity contribution in [3.8, 4) is 11.8 Å². The van der Waals surface area contributed by atoms with E-state index in [4.69, 9.17) is 10.2 Å². The van der Waals surface area contributed by atoms with Gasteiger partial charge in [0.1, 0.15) is 26.1 Å².